The van der Waals surface area contributed by atoms with E-state index in [4.69, 9.17) is 0 Å². The van der Waals surface area contributed by atoms with E-state index < -0.39 is 0 Å². The van der Waals surface area contributed by atoms with E-state index in [2.05, 4.69) is 80.4 Å². The van der Waals surface area contributed by atoms with Gasteiger partial charge in [0.05, 0.1) is 0 Å². The number of carbonyl (C=O) groups excluding carboxylic acids is 1. The van der Waals surface area contributed by atoms with Gasteiger partial charge in [0, 0.05) is 22.5 Å². The van der Waals surface area contributed by atoms with E-state index >= 15 is 0 Å². The fraction of sp³-hybridized carbons (Fsp3) is 0.381. The van der Waals surface area contributed by atoms with E-state index in [0.29, 0.717) is 0 Å². The average molecular weight is 452 g/mol. The molecule has 0 heterocycles. The van der Waals surface area contributed by atoms with Crippen LogP contribution >= 0.6 is 31.9 Å². The number of alkyl halides is 2. The van der Waals surface area contributed by atoms with Crippen LogP contribution in [0.3, 0.4) is 0 Å². The van der Waals surface area contributed by atoms with Gasteiger partial charge in [-0.3, -0.25) is 4.79 Å². The Morgan fingerprint density at radius 3 is 1.38 bits per heavy atom. The van der Waals surface area contributed by atoms with Crippen LogP contribution in [0, 0.1) is 0 Å². The van der Waals surface area contributed by atoms with Crippen molar-refractivity contribution in [3.05, 3.63) is 70.8 Å². The van der Waals surface area contributed by atoms with E-state index in [9.17, 15) is 4.79 Å². The summed E-state index contributed by atoms with van der Waals surface area (Å²) in [6, 6.07) is 16.9. The maximum absolute atomic E-state index is 12.9. The predicted molar refractivity (Wildman–Crippen MR) is 110 cm³/mol. The highest BCUT2D eigenvalue weighted by molar-refractivity contribution is 9.09. The number of ketones is 1. The topological polar surface area (TPSA) is 17.1 Å². The molecule has 0 aliphatic carbocycles. The lowest BCUT2D eigenvalue weighted by molar-refractivity contribution is -0.121. The Morgan fingerprint density at radius 1 is 0.750 bits per heavy atom. The van der Waals surface area contributed by atoms with Crippen molar-refractivity contribution in [1.82, 2.24) is 0 Å². The Bertz CT molecular complexity index is 589. The number of carbonyl (C=O) groups is 1. The zero-order valence-corrected chi connectivity index (χ0v) is 17.4. The molecule has 0 amide bonds. The summed E-state index contributed by atoms with van der Waals surface area (Å²) < 4.78 is 0. The van der Waals surface area contributed by atoms with E-state index in [1.165, 1.54) is 11.1 Å². The van der Waals surface area contributed by atoms with Crippen LogP contribution in [0.1, 0.15) is 47.9 Å². The van der Waals surface area contributed by atoms with Gasteiger partial charge < -0.3 is 0 Å². The summed E-state index contributed by atoms with van der Waals surface area (Å²) in [7, 11) is 0. The normalized spacial score (nSPS) is 13.5. The molecule has 128 valence electrons. The summed E-state index contributed by atoms with van der Waals surface area (Å²) in [4.78, 5) is 12.9. The third kappa shape index (κ3) is 5.03. The highest BCUT2D eigenvalue weighted by Gasteiger charge is 2.22. The molecule has 2 atom stereocenters. The monoisotopic (exact) mass is 450 g/mol. The van der Waals surface area contributed by atoms with E-state index in [1.54, 1.807) is 0 Å². The minimum Gasteiger partial charge on any atom is -0.298 e. The molecule has 2 rings (SSSR count). The second kappa shape index (κ2) is 9.53. The summed E-state index contributed by atoms with van der Waals surface area (Å²) >= 11 is 6.92. The lowest BCUT2D eigenvalue weighted by Gasteiger charge is -2.18. The molecule has 0 aliphatic rings. The lowest BCUT2D eigenvalue weighted by atomic mass is 9.85. The molecule has 24 heavy (non-hydrogen) atoms. The van der Waals surface area contributed by atoms with Crippen molar-refractivity contribution in [3.63, 3.8) is 0 Å². The number of halogens is 2. The zero-order chi connectivity index (χ0) is 17.5. The van der Waals surface area contributed by atoms with Crippen molar-refractivity contribution in [2.45, 2.75) is 38.5 Å². The van der Waals surface area contributed by atoms with Gasteiger partial charge in [-0.1, -0.05) is 94.2 Å². The van der Waals surface area contributed by atoms with Gasteiger partial charge in [-0.05, 0) is 35.1 Å². The lowest BCUT2D eigenvalue weighted by Crippen LogP contribution is -2.16. The fourth-order valence-electron chi connectivity index (χ4n) is 2.87. The number of hydrogen-bond donors (Lipinski definition) is 0. The molecule has 3 heteroatoms. The second-order valence-electron chi connectivity index (χ2n) is 6.21. The Kier molecular flexibility index (Phi) is 7.70. The molecule has 1 nitrogen and oxygen atoms in total. The predicted octanol–water partition coefficient (Wildman–Crippen LogP) is 6.04. The summed E-state index contributed by atoms with van der Waals surface area (Å²) in [6.07, 6.45) is 2.03. The molecule has 0 saturated heterocycles. The third-order valence-electron chi connectivity index (χ3n) is 4.58. The Balaban J connectivity index is 2.08. The van der Waals surface area contributed by atoms with Gasteiger partial charge in [0.25, 0.3) is 0 Å². The Hall–Kier alpha value is -0.930. The van der Waals surface area contributed by atoms with Gasteiger partial charge in [0.15, 0.2) is 0 Å². The van der Waals surface area contributed by atoms with Crippen molar-refractivity contribution >= 4 is 37.6 Å². The number of benzene rings is 2. The SMILES string of the molecule is CC(C(=O)C(C)c1ccc(CCBr)cc1)c1ccc(CCBr)cc1. The molecular weight excluding hydrogens is 428 g/mol. The van der Waals surface area contributed by atoms with Crippen LogP contribution in [0.2, 0.25) is 0 Å². The standard InChI is InChI=1S/C21H24Br2O/c1-15(19-7-3-17(4-8-19)11-13-22)21(24)16(2)20-9-5-18(6-10-20)12-14-23/h3-10,15-16H,11-14H2,1-2H3. The third-order valence-corrected chi connectivity index (χ3v) is 5.37. The first-order chi connectivity index (χ1) is 11.6. The number of hydrogen-bond acceptors (Lipinski definition) is 1. The molecule has 2 unspecified atom stereocenters. The van der Waals surface area contributed by atoms with Crippen molar-refractivity contribution < 1.29 is 4.79 Å². The smallest absolute Gasteiger partial charge is 0.147 e. The molecule has 0 N–H and O–H groups in total. The number of aryl methyl sites for hydroxylation is 2. The van der Waals surface area contributed by atoms with Crippen LogP contribution in [0.4, 0.5) is 0 Å². The van der Waals surface area contributed by atoms with Crippen molar-refractivity contribution in [2.24, 2.45) is 0 Å². The van der Waals surface area contributed by atoms with Crippen LogP contribution in [0.5, 0.6) is 0 Å². The van der Waals surface area contributed by atoms with Crippen molar-refractivity contribution in [1.29, 1.82) is 0 Å². The summed E-state index contributed by atoms with van der Waals surface area (Å²) in [5, 5.41) is 1.92. The van der Waals surface area contributed by atoms with Gasteiger partial charge in [-0.2, -0.15) is 0 Å². The molecule has 0 aromatic heterocycles. The molecule has 0 radical (unpaired) electrons. The van der Waals surface area contributed by atoms with Crippen LogP contribution in [-0.2, 0) is 17.6 Å². The average Bonchev–Trinajstić information content (AvgIpc) is 2.62. The van der Waals surface area contributed by atoms with E-state index in [0.717, 1.165) is 34.6 Å². The Labute approximate surface area is 162 Å². The van der Waals surface area contributed by atoms with Crippen molar-refractivity contribution in [2.75, 3.05) is 10.7 Å². The minimum absolute atomic E-state index is 0.0831. The number of Topliss-reactive ketones (excluding diaryl/α,β-unsaturated/α-hetero) is 1. The molecular formula is C21H24Br2O. The molecule has 0 bridgehead atoms. The Morgan fingerprint density at radius 2 is 1.08 bits per heavy atom. The quantitative estimate of drug-likeness (QED) is 0.447. The van der Waals surface area contributed by atoms with Gasteiger partial charge in [0.2, 0.25) is 0 Å². The fourth-order valence-corrected chi connectivity index (χ4v) is 3.78. The zero-order valence-electron chi connectivity index (χ0n) is 14.3. The highest BCUT2D eigenvalue weighted by Crippen LogP contribution is 2.26. The summed E-state index contributed by atoms with van der Waals surface area (Å²) in [5.74, 6) is 0.108. The largest absolute Gasteiger partial charge is 0.298 e. The molecule has 0 saturated carbocycles. The molecule has 2 aromatic carbocycles. The van der Waals surface area contributed by atoms with Crippen LogP contribution in [-0.4, -0.2) is 16.4 Å². The summed E-state index contributed by atoms with van der Waals surface area (Å²) in [6.45, 7) is 4.02. The minimum atomic E-state index is -0.0831. The second-order valence-corrected chi connectivity index (χ2v) is 7.79. The van der Waals surface area contributed by atoms with Gasteiger partial charge in [0.1, 0.15) is 5.78 Å². The van der Waals surface area contributed by atoms with Crippen LogP contribution in [0.25, 0.3) is 0 Å². The van der Waals surface area contributed by atoms with Crippen molar-refractivity contribution in [3.8, 4) is 0 Å². The molecule has 0 fully saturated rings. The van der Waals surface area contributed by atoms with E-state index in [1.807, 2.05) is 13.8 Å². The summed E-state index contributed by atoms with van der Waals surface area (Å²) in [5.41, 5.74) is 4.79. The van der Waals surface area contributed by atoms with Gasteiger partial charge in [-0.15, -0.1) is 0 Å². The highest BCUT2D eigenvalue weighted by atomic mass is 79.9. The van der Waals surface area contributed by atoms with Crippen LogP contribution < -0.4 is 0 Å². The molecule has 0 aliphatic heterocycles. The molecule has 0 spiro atoms. The van der Waals surface area contributed by atoms with Gasteiger partial charge in [-0.25, -0.2) is 0 Å². The number of rotatable bonds is 8. The first-order valence-corrected chi connectivity index (χ1v) is 10.6. The maximum Gasteiger partial charge on any atom is 0.147 e. The molecule has 2 aromatic rings. The first kappa shape index (κ1) is 19.4. The van der Waals surface area contributed by atoms with Crippen LogP contribution in [0.15, 0.2) is 48.5 Å². The van der Waals surface area contributed by atoms with E-state index in [-0.39, 0.29) is 17.6 Å². The maximum atomic E-state index is 12.9. The first-order valence-electron chi connectivity index (χ1n) is 8.40. The van der Waals surface area contributed by atoms with Gasteiger partial charge >= 0.3 is 0 Å².